The number of carbonyl (C=O) groups is 2. The Labute approximate surface area is 145 Å². The van der Waals surface area contributed by atoms with Gasteiger partial charge in [-0.25, -0.2) is 0 Å². The van der Waals surface area contributed by atoms with Crippen LogP contribution in [0.25, 0.3) is 0 Å². The number of amides is 1. The Balaban J connectivity index is 1.89. The highest BCUT2D eigenvalue weighted by atomic mass is 32.2. The number of esters is 1. The second-order valence-corrected chi connectivity index (χ2v) is 7.05. The van der Waals surface area contributed by atoms with Crippen LogP contribution in [0.4, 0.5) is 5.69 Å². The maximum Gasteiger partial charge on any atom is 0.326 e. The van der Waals surface area contributed by atoms with Crippen molar-refractivity contribution in [2.45, 2.75) is 18.2 Å². The molecular weight excluding hydrogens is 322 g/mol. The highest BCUT2D eigenvalue weighted by Gasteiger charge is 2.36. The summed E-state index contributed by atoms with van der Waals surface area (Å²) in [6.07, 6.45) is 1.88. The van der Waals surface area contributed by atoms with Gasteiger partial charge in [-0.15, -0.1) is 11.8 Å². The molecule has 0 saturated heterocycles. The zero-order valence-corrected chi connectivity index (χ0v) is 14.7. The van der Waals surface area contributed by atoms with Crippen molar-refractivity contribution in [1.82, 2.24) is 0 Å². The van der Waals surface area contributed by atoms with Crippen molar-refractivity contribution in [3.05, 3.63) is 65.2 Å². The minimum atomic E-state index is -0.759. The first-order chi connectivity index (χ1) is 11.5. The fraction of sp³-hybridized carbons (Fsp3) is 0.263. The van der Waals surface area contributed by atoms with E-state index in [1.165, 1.54) is 18.9 Å². The lowest BCUT2D eigenvalue weighted by atomic mass is 10.00. The Kier molecular flexibility index (Phi) is 4.37. The fourth-order valence-corrected chi connectivity index (χ4v) is 3.56. The number of rotatable bonds is 4. The summed E-state index contributed by atoms with van der Waals surface area (Å²) in [6, 6.07) is 15.2. The van der Waals surface area contributed by atoms with Gasteiger partial charge in [-0.05, 0) is 42.5 Å². The Bertz CT molecular complexity index is 787. The maximum absolute atomic E-state index is 12.5. The number of anilines is 1. The van der Waals surface area contributed by atoms with Gasteiger partial charge in [0.25, 0.3) is 5.91 Å². The van der Waals surface area contributed by atoms with Crippen LogP contribution < -0.4 is 4.90 Å². The second-order valence-electron chi connectivity index (χ2n) is 5.82. The van der Waals surface area contributed by atoms with Gasteiger partial charge in [0.2, 0.25) is 0 Å². The van der Waals surface area contributed by atoms with Crippen LogP contribution in [0.1, 0.15) is 28.4 Å². The molecule has 0 spiro atoms. The van der Waals surface area contributed by atoms with Gasteiger partial charge in [-0.2, -0.15) is 0 Å². The molecule has 0 aromatic heterocycles. The first kappa shape index (κ1) is 16.6. The summed E-state index contributed by atoms with van der Waals surface area (Å²) in [4.78, 5) is 26.4. The van der Waals surface area contributed by atoms with Crippen molar-refractivity contribution >= 4 is 29.3 Å². The minimum absolute atomic E-state index is 0.0129. The molecule has 1 unspecified atom stereocenters. The summed E-state index contributed by atoms with van der Waals surface area (Å²) in [5.41, 5.74) is 3.48. The quantitative estimate of drug-likeness (QED) is 0.797. The van der Waals surface area contributed by atoms with E-state index in [0.717, 1.165) is 22.4 Å². The van der Waals surface area contributed by atoms with E-state index in [1.54, 1.807) is 4.90 Å². The number of hydrogen-bond donors (Lipinski definition) is 0. The molecule has 124 valence electrons. The smallest absolute Gasteiger partial charge is 0.326 e. The number of hydrogen-bond acceptors (Lipinski definition) is 4. The molecule has 1 aliphatic rings. The molecule has 0 radical (unpaired) electrons. The molecule has 1 heterocycles. The van der Waals surface area contributed by atoms with Crippen molar-refractivity contribution in [3.8, 4) is 0 Å². The zero-order chi connectivity index (χ0) is 17.3. The third kappa shape index (κ3) is 2.59. The minimum Gasteiger partial charge on any atom is -0.468 e. The maximum atomic E-state index is 12.5. The molecule has 1 atom stereocenters. The van der Waals surface area contributed by atoms with Crippen molar-refractivity contribution < 1.29 is 14.3 Å². The van der Waals surface area contributed by atoms with Gasteiger partial charge >= 0.3 is 5.97 Å². The lowest BCUT2D eigenvalue weighted by molar-refractivity contribution is -0.143. The summed E-state index contributed by atoms with van der Waals surface area (Å²) in [5.74, 6) is -0.272. The molecule has 0 aliphatic carbocycles. The standard InChI is InChI=1S/C19H19NO3S/c1-19(24-3,18(22)23-2)14-8-10-15(11-9-14)20-12-13-6-4-5-7-16(13)17(20)21/h4-11H,12H2,1-3H3. The van der Waals surface area contributed by atoms with E-state index in [-0.39, 0.29) is 11.9 Å². The molecule has 0 bridgehead atoms. The van der Waals surface area contributed by atoms with Gasteiger partial charge in [0, 0.05) is 11.3 Å². The Morgan fingerprint density at radius 2 is 1.83 bits per heavy atom. The number of methoxy groups -OCH3 is 1. The zero-order valence-electron chi connectivity index (χ0n) is 13.9. The van der Waals surface area contributed by atoms with Crippen LogP contribution in [-0.4, -0.2) is 25.2 Å². The summed E-state index contributed by atoms with van der Waals surface area (Å²) in [6.45, 7) is 2.42. The molecule has 3 rings (SSSR count). The average Bonchev–Trinajstić information content (AvgIpc) is 2.97. The van der Waals surface area contributed by atoms with Crippen molar-refractivity contribution in [3.63, 3.8) is 0 Å². The van der Waals surface area contributed by atoms with Crippen LogP contribution in [0, 0.1) is 0 Å². The number of benzene rings is 2. The van der Waals surface area contributed by atoms with Crippen LogP contribution in [0.2, 0.25) is 0 Å². The van der Waals surface area contributed by atoms with E-state index >= 15 is 0 Å². The molecule has 0 saturated carbocycles. The van der Waals surface area contributed by atoms with Crippen LogP contribution in [0.3, 0.4) is 0 Å². The van der Waals surface area contributed by atoms with Gasteiger partial charge < -0.3 is 9.64 Å². The molecule has 1 aliphatic heterocycles. The van der Waals surface area contributed by atoms with Gasteiger partial charge in [0.05, 0.1) is 13.7 Å². The van der Waals surface area contributed by atoms with Crippen LogP contribution in [0.15, 0.2) is 48.5 Å². The Hall–Kier alpha value is -2.27. The summed E-state index contributed by atoms with van der Waals surface area (Å²) in [7, 11) is 1.39. The predicted molar refractivity (Wildman–Crippen MR) is 96.3 cm³/mol. The first-order valence-corrected chi connectivity index (χ1v) is 8.87. The normalized spacial score (nSPS) is 15.8. The van der Waals surface area contributed by atoms with Crippen LogP contribution in [0.5, 0.6) is 0 Å². The van der Waals surface area contributed by atoms with E-state index in [2.05, 4.69) is 0 Å². The highest BCUT2D eigenvalue weighted by Crippen LogP contribution is 2.37. The van der Waals surface area contributed by atoms with Gasteiger partial charge in [0.15, 0.2) is 0 Å². The third-order valence-electron chi connectivity index (χ3n) is 4.53. The molecule has 2 aromatic rings. The van der Waals surface area contributed by atoms with Crippen molar-refractivity contribution in [2.24, 2.45) is 0 Å². The number of fused-ring (bicyclic) bond motifs is 1. The number of thioether (sulfide) groups is 1. The molecule has 2 aromatic carbocycles. The summed E-state index contributed by atoms with van der Waals surface area (Å²) < 4.78 is 4.17. The summed E-state index contributed by atoms with van der Waals surface area (Å²) in [5, 5.41) is 0. The molecular formula is C19H19NO3S. The number of ether oxygens (including phenoxy) is 1. The molecule has 0 N–H and O–H groups in total. The number of nitrogens with zero attached hydrogens (tertiary/aromatic N) is 1. The lowest BCUT2D eigenvalue weighted by Gasteiger charge is -2.25. The Morgan fingerprint density at radius 1 is 1.17 bits per heavy atom. The first-order valence-electron chi connectivity index (χ1n) is 7.65. The van der Waals surface area contributed by atoms with Gasteiger partial charge in [0.1, 0.15) is 4.75 Å². The lowest BCUT2D eigenvalue weighted by Crippen LogP contribution is -2.30. The monoisotopic (exact) mass is 341 g/mol. The average molecular weight is 341 g/mol. The molecule has 24 heavy (non-hydrogen) atoms. The predicted octanol–water partition coefficient (Wildman–Crippen LogP) is 3.60. The van der Waals surface area contributed by atoms with E-state index < -0.39 is 4.75 Å². The van der Waals surface area contributed by atoms with Crippen molar-refractivity contribution in [1.29, 1.82) is 0 Å². The molecule has 1 amide bonds. The molecule has 5 heteroatoms. The van der Waals surface area contributed by atoms with E-state index in [1.807, 2.05) is 61.7 Å². The van der Waals surface area contributed by atoms with E-state index in [0.29, 0.717) is 6.54 Å². The topological polar surface area (TPSA) is 46.6 Å². The van der Waals surface area contributed by atoms with Crippen LogP contribution >= 0.6 is 11.8 Å². The highest BCUT2D eigenvalue weighted by molar-refractivity contribution is 8.00. The molecule has 4 nitrogen and oxygen atoms in total. The van der Waals surface area contributed by atoms with Gasteiger partial charge in [-0.3, -0.25) is 9.59 Å². The fourth-order valence-electron chi connectivity index (χ4n) is 2.94. The molecule has 0 fully saturated rings. The van der Waals surface area contributed by atoms with E-state index in [4.69, 9.17) is 4.74 Å². The van der Waals surface area contributed by atoms with E-state index in [9.17, 15) is 9.59 Å². The second kappa shape index (κ2) is 6.32. The van der Waals surface area contributed by atoms with Gasteiger partial charge in [-0.1, -0.05) is 30.3 Å². The summed E-state index contributed by atoms with van der Waals surface area (Å²) >= 11 is 1.43. The largest absolute Gasteiger partial charge is 0.468 e. The number of carbonyl (C=O) groups excluding carboxylic acids is 2. The third-order valence-corrected chi connectivity index (χ3v) is 5.75. The van der Waals surface area contributed by atoms with Crippen molar-refractivity contribution in [2.75, 3.05) is 18.3 Å². The van der Waals surface area contributed by atoms with Crippen LogP contribution in [-0.2, 0) is 20.8 Å². The Morgan fingerprint density at radius 3 is 2.42 bits per heavy atom. The SMILES string of the molecule is COC(=O)C(C)(SC)c1ccc(N2Cc3ccccc3C2=O)cc1.